The van der Waals surface area contributed by atoms with Crippen LogP contribution >= 0.6 is 0 Å². The number of benzene rings is 1. The number of hydrogen-bond acceptors (Lipinski definition) is 3. The van der Waals surface area contributed by atoms with Crippen molar-refractivity contribution in [2.75, 3.05) is 27.2 Å². The van der Waals surface area contributed by atoms with E-state index in [1.807, 2.05) is 29.2 Å². The predicted molar refractivity (Wildman–Crippen MR) is 86.2 cm³/mol. The molecule has 1 aromatic rings. The Bertz CT molecular complexity index is 587. The van der Waals surface area contributed by atoms with Crippen LogP contribution in [0.3, 0.4) is 0 Å². The molecule has 0 spiro atoms. The molecule has 0 aliphatic carbocycles. The van der Waals surface area contributed by atoms with Crippen molar-refractivity contribution >= 4 is 11.9 Å². The lowest BCUT2D eigenvalue weighted by atomic mass is 10.0. The van der Waals surface area contributed by atoms with Crippen molar-refractivity contribution < 1.29 is 14.3 Å². The number of ether oxygens (including phenoxy) is 1. The molecule has 3 amide bonds. The number of methoxy groups -OCH3 is 1. The van der Waals surface area contributed by atoms with E-state index in [0.717, 1.165) is 30.7 Å². The van der Waals surface area contributed by atoms with E-state index in [-0.39, 0.29) is 24.0 Å². The van der Waals surface area contributed by atoms with E-state index in [4.69, 9.17) is 4.74 Å². The highest BCUT2D eigenvalue weighted by molar-refractivity contribution is 5.81. The summed E-state index contributed by atoms with van der Waals surface area (Å²) in [5, 5.41) is 3.00. The van der Waals surface area contributed by atoms with E-state index < -0.39 is 0 Å². The molecule has 2 heterocycles. The lowest BCUT2D eigenvalue weighted by molar-refractivity contribution is -0.126. The van der Waals surface area contributed by atoms with E-state index in [2.05, 4.69) is 5.32 Å². The average Bonchev–Trinajstić information content (AvgIpc) is 3.15. The third-order valence-electron chi connectivity index (χ3n) is 4.68. The van der Waals surface area contributed by atoms with Crippen LogP contribution in [0, 0.1) is 0 Å². The summed E-state index contributed by atoms with van der Waals surface area (Å²) < 4.78 is 5.19. The van der Waals surface area contributed by atoms with Gasteiger partial charge in [-0.25, -0.2) is 4.79 Å². The second-order valence-corrected chi connectivity index (χ2v) is 6.25. The summed E-state index contributed by atoms with van der Waals surface area (Å²) in [5.74, 6) is 0.902. The summed E-state index contributed by atoms with van der Waals surface area (Å²) >= 11 is 0. The Kier molecular flexibility index (Phi) is 4.41. The summed E-state index contributed by atoms with van der Waals surface area (Å²) in [6, 6.07) is 7.82. The molecule has 0 radical (unpaired) electrons. The fourth-order valence-electron chi connectivity index (χ4n) is 3.40. The average molecular weight is 317 g/mol. The molecular weight excluding hydrogens is 294 g/mol. The topological polar surface area (TPSA) is 61.9 Å². The molecule has 2 fully saturated rings. The summed E-state index contributed by atoms with van der Waals surface area (Å²) in [4.78, 5) is 27.7. The first-order valence-electron chi connectivity index (χ1n) is 8.03. The van der Waals surface area contributed by atoms with Crippen molar-refractivity contribution in [1.82, 2.24) is 15.1 Å². The van der Waals surface area contributed by atoms with Crippen LogP contribution < -0.4 is 10.1 Å². The van der Waals surface area contributed by atoms with Crippen LogP contribution in [0.4, 0.5) is 4.79 Å². The van der Waals surface area contributed by atoms with Gasteiger partial charge in [0.2, 0.25) is 5.91 Å². The molecule has 2 atom stereocenters. The molecule has 0 bridgehead atoms. The Balaban J connectivity index is 1.66. The fourth-order valence-corrected chi connectivity index (χ4v) is 3.40. The molecule has 6 heteroatoms. The highest BCUT2D eigenvalue weighted by Crippen LogP contribution is 2.32. The summed E-state index contributed by atoms with van der Waals surface area (Å²) in [7, 11) is 3.41. The van der Waals surface area contributed by atoms with Crippen molar-refractivity contribution in [3.05, 3.63) is 29.8 Å². The highest BCUT2D eigenvalue weighted by atomic mass is 16.5. The number of carbonyl (C=O) groups excluding carboxylic acids is 2. The molecule has 23 heavy (non-hydrogen) atoms. The zero-order chi connectivity index (χ0) is 16.4. The van der Waals surface area contributed by atoms with Gasteiger partial charge in [0.05, 0.1) is 19.2 Å². The molecule has 2 saturated heterocycles. The second-order valence-electron chi connectivity index (χ2n) is 6.25. The number of amides is 3. The first-order chi connectivity index (χ1) is 11.1. The maximum absolute atomic E-state index is 12.6. The summed E-state index contributed by atoms with van der Waals surface area (Å²) in [5.41, 5.74) is 1.12. The normalized spacial score (nSPS) is 24.2. The quantitative estimate of drug-likeness (QED) is 0.924. The number of hydrogen-bond donors (Lipinski definition) is 1. The van der Waals surface area contributed by atoms with Crippen molar-refractivity contribution in [2.45, 2.75) is 31.3 Å². The number of nitrogens with one attached hydrogen (secondary N) is 1. The predicted octanol–water partition coefficient (Wildman–Crippen LogP) is 1.77. The van der Waals surface area contributed by atoms with Crippen LogP contribution in [0.25, 0.3) is 0 Å². The van der Waals surface area contributed by atoms with Crippen molar-refractivity contribution in [2.24, 2.45) is 0 Å². The van der Waals surface area contributed by atoms with E-state index in [1.54, 1.807) is 19.1 Å². The Hall–Kier alpha value is -2.24. The molecule has 0 aromatic heterocycles. The first-order valence-corrected chi connectivity index (χ1v) is 8.03. The standard InChI is InChI=1S/C17H23N3O3/c1-19-11-13(10-16(19)21)18-17(22)20-9-3-4-15(20)12-5-7-14(23-2)8-6-12/h5-8,13,15H,3-4,9-11H2,1-2H3,(H,18,22)/t13-,15+/m0/s1. The third-order valence-corrected chi connectivity index (χ3v) is 4.68. The minimum Gasteiger partial charge on any atom is -0.497 e. The van der Waals surface area contributed by atoms with Crippen molar-refractivity contribution in [3.63, 3.8) is 0 Å². The highest BCUT2D eigenvalue weighted by Gasteiger charge is 2.33. The molecule has 0 unspecified atom stereocenters. The number of likely N-dealkylation sites (N-methyl/N-ethyl adjacent to an activating group) is 1. The van der Waals surface area contributed by atoms with Gasteiger partial charge in [-0.1, -0.05) is 12.1 Å². The summed E-state index contributed by atoms with van der Waals surface area (Å²) in [6.07, 6.45) is 2.35. The van der Waals surface area contributed by atoms with Gasteiger partial charge < -0.3 is 19.9 Å². The van der Waals surface area contributed by atoms with Gasteiger partial charge in [0, 0.05) is 26.6 Å². The van der Waals surface area contributed by atoms with Crippen LogP contribution in [-0.4, -0.2) is 55.0 Å². The van der Waals surface area contributed by atoms with Gasteiger partial charge in [-0.15, -0.1) is 0 Å². The number of carbonyl (C=O) groups is 2. The molecule has 2 aliphatic rings. The van der Waals surface area contributed by atoms with Gasteiger partial charge in [-0.2, -0.15) is 0 Å². The zero-order valence-corrected chi connectivity index (χ0v) is 13.6. The molecule has 3 rings (SSSR count). The van der Waals surface area contributed by atoms with E-state index >= 15 is 0 Å². The molecule has 1 N–H and O–H groups in total. The maximum Gasteiger partial charge on any atom is 0.318 e. The smallest absolute Gasteiger partial charge is 0.318 e. The SMILES string of the molecule is COc1ccc([C@H]2CCCN2C(=O)N[C@H]2CC(=O)N(C)C2)cc1. The molecule has 124 valence electrons. The fraction of sp³-hybridized carbons (Fsp3) is 0.529. The number of likely N-dealkylation sites (tertiary alicyclic amines) is 2. The van der Waals surface area contributed by atoms with E-state index in [9.17, 15) is 9.59 Å². The molecule has 2 aliphatic heterocycles. The Morgan fingerprint density at radius 1 is 1.30 bits per heavy atom. The van der Waals surface area contributed by atoms with Gasteiger partial charge in [0.15, 0.2) is 0 Å². The van der Waals surface area contributed by atoms with E-state index in [1.165, 1.54) is 0 Å². The minimum atomic E-state index is -0.0860. The Labute approximate surface area is 136 Å². The number of rotatable bonds is 3. The second kappa shape index (κ2) is 6.48. The lowest BCUT2D eigenvalue weighted by Gasteiger charge is -2.27. The lowest BCUT2D eigenvalue weighted by Crippen LogP contribution is -2.45. The monoisotopic (exact) mass is 317 g/mol. The molecular formula is C17H23N3O3. The number of nitrogens with zero attached hydrogens (tertiary/aromatic N) is 2. The summed E-state index contributed by atoms with van der Waals surface area (Å²) in [6.45, 7) is 1.34. The van der Waals surface area contributed by atoms with Gasteiger partial charge in [0.1, 0.15) is 5.75 Å². The van der Waals surface area contributed by atoms with Crippen LogP contribution in [0.15, 0.2) is 24.3 Å². The number of urea groups is 1. The van der Waals surface area contributed by atoms with Crippen LogP contribution in [0.2, 0.25) is 0 Å². The minimum absolute atomic E-state index is 0.0728. The van der Waals surface area contributed by atoms with Crippen LogP contribution in [0.5, 0.6) is 5.75 Å². The van der Waals surface area contributed by atoms with Gasteiger partial charge >= 0.3 is 6.03 Å². The first kappa shape index (κ1) is 15.6. The largest absolute Gasteiger partial charge is 0.497 e. The van der Waals surface area contributed by atoms with Gasteiger partial charge in [0.25, 0.3) is 0 Å². The van der Waals surface area contributed by atoms with Crippen LogP contribution in [-0.2, 0) is 4.79 Å². The molecule has 0 saturated carbocycles. The van der Waals surface area contributed by atoms with Crippen LogP contribution in [0.1, 0.15) is 30.9 Å². The van der Waals surface area contributed by atoms with Crippen molar-refractivity contribution in [3.8, 4) is 5.75 Å². The third kappa shape index (κ3) is 3.25. The molecule has 6 nitrogen and oxygen atoms in total. The van der Waals surface area contributed by atoms with E-state index in [0.29, 0.717) is 13.0 Å². The van der Waals surface area contributed by atoms with Crippen molar-refractivity contribution in [1.29, 1.82) is 0 Å². The molecule has 1 aromatic carbocycles. The van der Waals surface area contributed by atoms with Gasteiger partial charge in [-0.3, -0.25) is 4.79 Å². The van der Waals surface area contributed by atoms with Gasteiger partial charge in [-0.05, 0) is 30.5 Å². The maximum atomic E-state index is 12.6. The Morgan fingerprint density at radius 3 is 2.65 bits per heavy atom. The Morgan fingerprint density at radius 2 is 2.04 bits per heavy atom. The zero-order valence-electron chi connectivity index (χ0n) is 13.6.